The van der Waals surface area contributed by atoms with Crippen LogP contribution in [-0.4, -0.2) is 23.9 Å². The Bertz CT molecular complexity index is 453. The number of nitrogens with zero attached hydrogens (tertiary/aromatic N) is 2. The normalized spacial score (nSPS) is 24.3. The second-order valence-corrected chi connectivity index (χ2v) is 4.53. The van der Waals surface area contributed by atoms with Crippen LogP contribution in [0.5, 0.6) is 0 Å². The predicted molar refractivity (Wildman–Crippen MR) is 60.0 cm³/mol. The van der Waals surface area contributed by atoms with Gasteiger partial charge < -0.3 is 0 Å². The summed E-state index contributed by atoms with van der Waals surface area (Å²) in [5.74, 6) is 0. The van der Waals surface area contributed by atoms with E-state index in [2.05, 4.69) is 9.98 Å². The maximum absolute atomic E-state index is 13.2. The molecule has 0 fully saturated rings. The van der Waals surface area contributed by atoms with Gasteiger partial charge in [-0.1, -0.05) is 23.2 Å². The lowest BCUT2D eigenvalue weighted by atomic mass is 9.80. The van der Waals surface area contributed by atoms with Crippen LogP contribution in [0.3, 0.4) is 0 Å². The van der Waals surface area contributed by atoms with Crippen LogP contribution in [-0.2, 0) is 5.41 Å². The van der Waals surface area contributed by atoms with E-state index < -0.39 is 11.6 Å². The maximum Gasteiger partial charge on any atom is 0.403 e. The van der Waals surface area contributed by atoms with Crippen LogP contribution in [0.25, 0.3) is 0 Å². The highest BCUT2D eigenvalue weighted by atomic mass is 35.5. The van der Waals surface area contributed by atoms with Gasteiger partial charge in [-0.2, -0.15) is 13.2 Å². The van der Waals surface area contributed by atoms with Gasteiger partial charge in [0.2, 0.25) is 0 Å². The van der Waals surface area contributed by atoms with Crippen molar-refractivity contribution in [1.82, 2.24) is 4.98 Å². The third-order valence-corrected chi connectivity index (χ3v) is 3.12. The molecule has 0 saturated carbocycles. The predicted octanol–water partition coefficient (Wildman–Crippen LogP) is 3.66. The van der Waals surface area contributed by atoms with E-state index in [1.54, 1.807) is 0 Å². The average Bonchev–Trinajstić information content (AvgIpc) is 2.64. The Morgan fingerprint density at radius 3 is 2.18 bits per heavy atom. The van der Waals surface area contributed by atoms with Crippen LogP contribution >= 0.6 is 23.2 Å². The van der Waals surface area contributed by atoms with Crippen molar-refractivity contribution in [3.05, 3.63) is 28.0 Å². The molecule has 2 rings (SSSR count). The minimum Gasteiger partial charge on any atom is -0.296 e. The molecule has 1 aromatic heterocycles. The van der Waals surface area contributed by atoms with Gasteiger partial charge in [0.15, 0.2) is 0 Å². The van der Waals surface area contributed by atoms with E-state index in [9.17, 15) is 13.2 Å². The lowest BCUT2D eigenvalue weighted by Crippen LogP contribution is -2.42. The highest BCUT2D eigenvalue weighted by Gasteiger charge is 2.56. The number of halogens is 5. The number of alkyl halides is 3. The summed E-state index contributed by atoms with van der Waals surface area (Å²) >= 11 is 11.3. The largest absolute Gasteiger partial charge is 0.403 e. The Morgan fingerprint density at radius 2 is 1.76 bits per heavy atom. The molecular formula is C10H7Cl2F3N2. The van der Waals surface area contributed by atoms with E-state index in [-0.39, 0.29) is 28.8 Å². The highest BCUT2D eigenvalue weighted by molar-refractivity contribution is 6.32. The fourth-order valence-electron chi connectivity index (χ4n) is 1.85. The Morgan fingerprint density at radius 1 is 1.18 bits per heavy atom. The molecular weight excluding hydrogens is 276 g/mol. The summed E-state index contributed by atoms with van der Waals surface area (Å²) in [6.07, 6.45) is -3.64. The molecule has 0 aliphatic carbocycles. The van der Waals surface area contributed by atoms with Crippen molar-refractivity contribution in [3.8, 4) is 0 Å². The zero-order valence-corrected chi connectivity index (χ0v) is 9.94. The molecule has 1 unspecified atom stereocenters. The molecule has 17 heavy (non-hydrogen) atoms. The van der Waals surface area contributed by atoms with Crippen molar-refractivity contribution in [2.45, 2.75) is 18.0 Å². The number of hydrogen-bond acceptors (Lipinski definition) is 2. The van der Waals surface area contributed by atoms with Crippen LogP contribution < -0.4 is 0 Å². The van der Waals surface area contributed by atoms with Crippen LogP contribution in [0, 0.1) is 0 Å². The van der Waals surface area contributed by atoms with Gasteiger partial charge in [0.05, 0.1) is 0 Å². The second kappa shape index (κ2) is 4.14. The average molecular weight is 283 g/mol. The molecule has 2 heterocycles. The molecule has 0 bridgehead atoms. The van der Waals surface area contributed by atoms with E-state index in [1.807, 2.05) is 0 Å². The van der Waals surface area contributed by atoms with Crippen molar-refractivity contribution in [2.24, 2.45) is 4.99 Å². The zero-order valence-electron chi connectivity index (χ0n) is 8.43. The number of rotatable bonds is 1. The van der Waals surface area contributed by atoms with Crippen molar-refractivity contribution >= 4 is 29.4 Å². The summed E-state index contributed by atoms with van der Waals surface area (Å²) in [5.41, 5.74) is -2.11. The van der Waals surface area contributed by atoms with E-state index in [0.29, 0.717) is 0 Å². The summed E-state index contributed by atoms with van der Waals surface area (Å²) in [7, 11) is 0. The fourth-order valence-corrected chi connectivity index (χ4v) is 2.31. The van der Waals surface area contributed by atoms with Crippen LogP contribution in [0.4, 0.5) is 13.2 Å². The molecule has 2 nitrogen and oxygen atoms in total. The van der Waals surface area contributed by atoms with Crippen molar-refractivity contribution in [3.63, 3.8) is 0 Å². The first-order valence-corrected chi connectivity index (χ1v) is 5.52. The zero-order chi connectivity index (χ0) is 12.7. The van der Waals surface area contributed by atoms with Crippen LogP contribution in [0.2, 0.25) is 10.3 Å². The molecule has 1 aromatic rings. The van der Waals surface area contributed by atoms with Gasteiger partial charge in [0.1, 0.15) is 15.7 Å². The molecule has 7 heteroatoms. The standard InChI is InChI=1S/C10H7Cl2F3N2/c11-7-3-6(4-8(12)17-7)9(10(13,14)15)1-2-16-5-9/h3-5H,1-2H2. The second-order valence-electron chi connectivity index (χ2n) is 3.76. The number of aliphatic imine (C=N–C) groups is 1. The first-order chi connectivity index (χ1) is 7.85. The Hall–Kier alpha value is -0.810. The Kier molecular flexibility index (Phi) is 3.08. The SMILES string of the molecule is FC(F)(F)C1(c2cc(Cl)nc(Cl)c2)C=NCC1. The van der Waals surface area contributed by atoms with Crippen molar-refractivity contribution in [2.75, 3.05) is 6.54 Å². The lowest BCUT2D eigenvalue weighted by Gasteiger charge is -2.29. The first kappa shape index (κ1) is 12.6. The maximum atomic E-state index is 13.2. The van der Waals surface area contributed by atoms with Gasteiger partial charge in [0.25, 0.3) is 0 Å². The molecule has 92 valence electrons. The molecule has 0 saturated heterocycles. The van der Waals surface area contributed by atoms with Gasteiger partial charge in [0, 0.05) is 12.8 Å². The summed E-state index contributed by atoms with van der Waals surface area (Å²) in [6.45, 7) is 0.136. The van der Waals surface area contributed by atoms with Crippen molar-refractivity contribution in [1.29, 1.82) is 0 Å². The van der Waals surface area contributed by atoms with Crippen molar-refractivity contribution < 1.29 is 13.2 Å². The monoisotopic (exact) mass is 282 g/mol. The third-order valence-electron chi connectivity index (χ3n) is 2.73. The first-order valence-electron chi connectivity index (χ1n) is 4.76. The Balaban J connectivity index is 2.58. The molecule has 1 aliphatic heterocycles. The van der Waals surface area contributed by atoms with E-state index in [4.69, 9.17) is 23.2 Å². The summed E-state index contributed by atoms with van der Waals surface area (Å²) in [6, 6.07) is 2.36. The minimum atomic E-state index is -4.43. The molecule has 0 aromatic carbocycles. The molecule has 0 N–H and O–H groups in total. The number of hydrogen-bond donors (Lipinski definition) is 0. The van der Waals surface area contributed by atoms with E-state index in [1.165, 1.54) is 12.1 Å². The molecule has 1 aliphatic rings. The number of pyridine rings is 1. The quantitative estimate of drug-likeness (QED) is 0.722. The van der Waals surface area contributed by atoms with Crippen LogP contribution in [0.1, 0.15) is 12.0 Å². The minimum absolute atomic E-state index is 0.0174. The van der Waals surface area contributed by atoms with Gasteiger partial charge in [-0.15, -0.1) is 0 Å². The molecule has 1 atom stereocenters. The molecule has 0 amide bonds. The topological polar surface area (TPSA) is 25.2 Å². The summed E-state index contributed by atoms with van der Waals surface area (Å²) < 4.78 is 39.5. The summed E-state index contributed by atoms with van der Waals surface area (Å²) in [5, 5.41) is -0.118. The lowest BCUT2D eigenvalue weighted by molar-refractivity contribution is -0.167. The van der Waals surface area contributed by atoms with E-state index >= 15 is 0 Å². The molecule has 0 spiro atoms. The smallest absolute Gasteiger partial charge is 0.296 e. The highest BCUT2D eigenvalue weighted by Crippen LogP contribution is 2.45. The van der Waals surface area contributed by atoms with Gasteiger partial charge >= 0.3 is 6.18 Å². The van der Waals surface area contributed by atoms with E-state index in [0.717, 1.165) is 6.21 Å². The number of aromatic nitrogens is 1. The third kappa shape index (κ3) is 2.13. The molecule has 0 radical (unpaired) electrons. The fraction of sp³-hybridized carbons (Fsp3) is 0.400. The van der Waals surface area contributed by atoms with Crippen LogP contribution in [0.15, 0.2) is 17.1 Å². The Labute approximate surface area is 105 Å². The summed E-state index contributed by atoms with van der Waals surface area (Å²) in [4.78, 5) is 7.33. The van der Waals surface area contributed by atoms with Gasteiger partial charge in [-0.05, 0) is 24.1 Å². The van der Waals surface area contributed by atoms with Gasteiger partial charge in [-0.25, -0.2) is 4.98 Å². The van der Waals surface area contributed by atoms with Gasteiger partial charge in [-0.3, -0.25) is 4.99 Å².